The molecule has 3 aromatic carbocycles. The van der Waals surface area contributed by atoms with Gasteiger partial charge in [-0.25, -0.2) is 23.1 Å². The zero-order valence-corrected chi connectivity index (χ0v) is 19.5. The maximum absolute atomic E-state index is 15.1. The third-order valence-corrected chi connectivity index (χ3v) is 6.23. The van der Waals surface area contributed by atoms with Crippen molar-refractivity contribution < 1.29 is 13.2 Å². The van der Waals surface area contributed by atoms with Crippen molar-refractivity contribution in [1.29, 1.82) is 0 Å². The quantitative estimate of drug-likeness (QED) is 0.230. The Hall–Kier alpha value is -3.21. The van der Waals surface area contributed by atoms with E-state index in [1.807, 2.05) is 36.7 Å². The maximum atomic E-state index is 15.1. The summed E-state index contributed by atoms with van der Waals surface area (Å²) < 4.78 is 41.6. The molecule has 0 aliphatic rings. The van der Waals surface area contributed by atoms with Crippen LogP contribution in [0.3, 0.4) is 0 Å². The summed E-state index contributed by atoms with van der Waals surface area (Å²) in [7, 11) is 0. The highest BCUT2D eigenvalue weighted by Crippen LogP contribution is 2.24. The van der Waals surface area contributed by atoms with Crippen LogP contribution in [-0.4, -0.2) is 9.97 Å². The topological polar surface area (TPSA) is 25.8 Å². The number of hydrogen-bond donors (Lipinski definition) is 0. The lowest BCUT2D eigenvalue weighted by Crippen LogP contribution is -2.00. The van der Waals surface area contributed by atoms with E-state index in [2.05, 4.69) is 16.9 Å². The second-order valence-corrected chi connectivity index (χ2v) is 8.81. The molecule has 0 saturated heterocycles. The molecule has 0 aliphatic heterocycles. The summed E-state index contributed by atoms with van der Waals surface area (Å²) in [5.74, 6) is -1.19. The van der Waals surface area contributed by atoms with Crippen LogP contribution in [-0.2, 0) is 32.1 Å². The van der Waals surface area contributed by atoms with E-state index in [0.717, 1.165) is 42.1 Å². The highest BCUT2D eigenvalue weighted by molar-refractivity contribution is 5.84. The summed E-state index contributed by atoms with van der Waals surface area (Å²) >= 11 is 0. The maximum Gasteiger partial charge on any atom is 0.159 e. The summed E-state index contributed by atoms with van der Waals surface area (Å²) in [5.41, 5.74) is 3.50. The predicted octanol–water partition coefficient (Wildman–Crippen LogP) is 7.35. The molecule has 5 heteroatoms. The second-order valence-electron chi connectivity index (χ2n) is 8.81. The van der Waals surface area contributed by atoms with E-state index in [9.17, 15) is 8.78 Å². The number of hydrogen-bond acceptors (Lipinski definition) is 2. The molecule has 0 unspecified atom stereocenters. The van der Waals surface area contributed by atoms with Gasteiger partial charge in [-0.1, -0.05) is 56.2 Å². The fourth-order valence-corrected chi connectivity index (χ4v) is 4.18. The first kappa shape index (κ1) is 23.9. The molecule has 34 heavy (non-hydrogen) atoms. The smallest absolute Gasteiger partial charge is 0.159 e. The van der Waals surface area contributed by atoms with E-state index in [1.54, 1.807) is 6.07 Å². The normalized spacial score (nSPS) is 11.3. The van der Waals surface area contributed by atoms with Crippen LogP contribution in [0.2, 0.25) is 0 Å². The van der Waals surface area contributed by atoms with Crippen molar-refractivity contribution >= 4 is 10.8 Å². The average Bonchev–Trinajstić information content (AvgIpc) is 2.85. The Morgan fingerprint density at radius 2 is 1.38 bits per heavy atom. The van der Waals surface area contributed by atoms with Crippen molar-refractivity contribution in [2.45, 2.75) is 58.3 Å². The molecule has 176 valence electrons. The van der Waals surface area contributed by atoms with E-state index in [4.69, 9.17) is 0 Å². The second kappa shape index (κ2) is 11.3. The zero-order chi connectivity index (χ0) is 23.9. The zero-order valence-electron chi connectivity index (χ0n) is 19.5. The lowest BCUT2D eigenvalue weighted by Gasteiger charge is -2.09. The summed E-state index contributed by atoms with van der Waals surface area (Å²) in [6.45, 7) is 2.19. The van der Waals surface area contributed by atoms with Crippen molar-refractivity contribution in [2.75, 3.05) is 0 Å². The number of halogens is 3. The number of aromatic nitrogens is 2. The van der Waals surface area contributed by atoms with Crippen molar-refractivity contribution in [3.05, 3.63) is 106 Å². The SMILES string of the molecule is CCCCCc1cnc(CCc2ccc3c(F)c(CCc4ccc(F)c(F)c4)ccc3c2)nc1. The first-order valence-corrected chi connectivity index (χ1v) is 12.0. The number of benzene rings is 3. The molecular formula is C29H29F3N2. The van der Waals surface area contributed by atoms with Gasteiger partial charge in [0, 0.05) is 24.2 Å². The van der Waals surface area contributed by atoms with E-state index in [-0.39, 0.29) is 5.82 Å². The van der Waals surface area contributed by atoms with Crippen LogP contribution in [0.15, 0.2) is 60.9 Å². The molecule has 0 N–H and O–H groups in total. The highest BCUT2D eigenvalue weighted by Gasteiger charge is 2.10. The van der Waals surface area contributed by atoms with Crippen LogP contribution in [0.25, 0.3) is 10.8 Å². The van der Waals surface area contributed by atoms with E-state index in [1.165, 1.54) is 37.0 Å². The molecule has 0 fully saturated rings. The molecule has 2 nitrogen and oxygen atoms in total. The van der Waals surface area contributed by atoms with Gasteiger partial charge in [0.05, 0.1) is 0 Å². The van der Waals surface area contributed by atoms with Gasteiger partial charge in [-0.2, -0.15) is 0 Å². The van der Waals surface area contributed by atoms with Gasteiger partial charge in [0.15, 0.2) is 11.6 Å². The van der Waals surface area contributed by atoms with E-state index < -0.39 is 11.6 Å². The lowest BCUT2D eigenvalue weighted by atomic mass is 9.98. The van der Waals surface area contributed by atoms with Crippen LogP contribution in [0.1, 0.15) is 54.3 Å². The molecule has 0 bridgehead atoms. The molecule has 4 rings (SSSR count). The Morgan fingerprint density at radius 3 is 2.15 bits per heavy atom. The van der Waals surface area contributed by atoms with Gasteiger partial charge in [0.2, 0.25) is 0 Å². The molecule has 0 amide bonds. The Balaban J connectivity index is 1.38. The number of rotatable bonds is 10. The monoisotopic (exact) mass is 462 g/mol. The van der Waals surface area contributed by atoms with Crippen LogP contribution >= 0.6 is 0 Å². The Morgan fingerprint density at radius 1 is 0.647 bits per heavy atom. The van der Waals surface area contributed by atoms with Gasteiger partial charge in [-0.05, 0) is 71.9 Å². The number of aryl methyl sites for hydroxylation is 5. The van der Waals surface area contributed by atoms with E-state index >= 15 is 4.39 Å². The molecule has 0 atom stereocenters. The Kier molecular flexibility index (Phi) is 7.94. The van der Waals surface area contributed by atoms with Crippen molar-refractivity contribution in [3.63, 3.8) is 0 Å². The summed E-state index contributed by atoms with van der Waals surface area (Å²) in [6.07, 6.45) is 10.8. The van der Waals surface area contributed by atoms with Crippen LogP contribution in [0, 0.1) is 17.5 Å². The van der Waals surface area contributed by atoms with E-state index in [0.29, 0.717) is 29.4 Å². The van der Waals surface area contributed by atoms with Crippen molar-refractivity contribution in [1.82, 2.24) is 9.97 Å². The summed E-state index contributed by atoms with van der Waals surface area (Å²) in [4.78, 5) is 9.00. The van der Waals surface area contributed by atoms with Gasteiger partial charge in [0.1, 0.15) is 11.6 Å². The standard InChI is InChI=1S/C29H29F3N2/c1-2-3-4-5-22-18-33-28(34-19-22)15-9-20-7-13-25-24(16-20)12-11-23(29(25)32)10-6-21-8-14-26(30)27(31)17-21/h7-8,11-14,16-19H,2-6,9-10,15H2,1H3. The molecular weight excluding hydrogens is 433 g/mol. The third-order valence-electron chi connectivity index (χ3n) is 6.23. The summed E-state index contributed by atoms with van der Waals surface area (Å²) in [5, 5.41) is 1.41. The van der Waals surface area contributed by atoms with Crippen molar-refractivity contribution in [2.24, 2.45) is 0 Å². The number of fused-ring (bicyclic) bond motifs is 1. The van der Waals surface area contributed by atoms with Gasteiger partial charge < -0.3 is 0 Å². The third kappa shape index (κ3) is 6.02. The molecule has 0 saturated carbocycles. The van der Waals surface area contributed by atoms with Crippen LogP contribution in [0.5, 0.6) is 0 Å². The minimum atomic E-state index is -0.877. The minimum absolute atomic E-state index is 0.256. The van der Waals surface area contributed by atoms with Gasteiger partial charge in [0.25, 0.3) is 0 Å². The van der Waals surface area contributed by atoms with Gasteiger partial charge in [-0.3, -0.25) is 0 Å². The largest absolute Gasteiger partial charge is 0.241 e. The summed E-state index contributed by atoms with van der Waals surface area (Å²) in [6, 6.07) is 13.3. The van der Waals surface area contributed by atoms with Gasteiger partial charge in [-0.15, -0.1) is 0 Å². The van der Waals surface area contributed by atoms with Crippen molar-refractivity contribution in [3.8, 4) is 0 Å². The first-order valence-electron chi connectivity index (χ1n) is 12.0. The predicted molar refractivity (Wildman–Crippen MR) is 130 cm³/mol. The Bertz CT molecular complexity index is 1250. The fraction of sp³-hybridized carbons (Fsp3) is 0.310. The molecule has 0 radical (unpaired) electrons. The van der Waals surface area contributed by atoms with Crippen LogP contribution < -0.4 is 0 Å². The minimum Gasteiger partial charge on any atom is -0.241 e. The van der Waals surface area contributed by atoms with Gasteiger partial charge >= 0.3 is 0 Å². The molecule has 0 spiro atoms. The fourth-order valence-electron chi connectivity index (χ4n) is 4.18. The molecule has 0 aliphatic carbocycles. The first-order chi connectivity index (χ1) is 16.5. The molecule has 1 aromatic heterocycles. The highest BCUT2D eigenvalue weighted by atomic mass is 19.2. The Labute approximate surface area is 198 Å². The average molecular weight is 463 g/mol. The lowest BCUT2D eigenvalue weighted by molar-refractivity contribution is 0.507. The molecule has 4 aromatic rings. The number of unbranched alkanes of at least 4 members (excludes halogenated alkanes) is 2. The van der Waals surface area contributed by atoms with Crippen LogP contribution in [0.4, 0.5) is 13.2 Å². The molecule has 1 heterocycles. The number of nitrogens with zero attached hydrogens (tertiary/aromatic N) is 2.